The van der Waals surface area contributed by atoms with Crippen molar-refractivity contribution in [1.29, 1.82) is 0 Å². The highest BCUT2D eigenvalue weighted by molar-refractivity contribution is 7.91. The van der Waals surface area contributed by atoms with Gasteiger partial charge in [-0.3, -0.25) is 0 Å². The molecule has 1 unspecified atom stereocenters. The van der Waals surface area contributed by atoms with Crippen molar-refractivity contribution in [2.24, 2.45) is 0 Å². The van der Waals surface area contributed by atoms with Gasteiger partial charge in [0.1, 0.15) is 0 Å². The van der Waals surface area contributed by atoms with E-state index < -0.39 is 31.9 Å². The first-order valence-electron chi connectivity index (χ1n) is 4.66. The van der Waals surface area contributed by atoms with Crippen molar-refractivity contribution >= 4 is 27.3 Å². The minimum Gasteiger partial charge on any atom is -0.480 e. The van der Waals surface area contributed by atoms with Crippen LogP contribution in [0.5, 0.6) is 0 Å². The summed E-state index contributed by atoms with van der Waals surface area (Å²) in [5.41, 5.74) is -3.61. The zero-order chi connectivity index (χ0) is 15.1. The standard InChI is InChI=1S/C8H9F3N2O4S2/c1-4-12-3-5(18-4)19(16,17)13-7(2,6(14)15)8(9,10)11/h3,13H,1-2H3,(H,14,15). The van der Waals surface area contributed by atoms with Crippen molar-refractivity contribution in [3.05, 3.63) is 11.2 Å². The third-order valence-corrected chi connectivity index (χ3v) is 5.13. The smallest absolute Gasteiger partial charge is 0.418 e. The summed E-state index contributed by atoms with van der Waals surface area (Å²) in [6, 6.07) is 0. The first-order chi connectivity index (χ1) is 8.40. The van der Waals surface area contributed by atoms with E-state index in [0.29, 0.717) is 16.3 Å². The number of aryl methyl sites for hydroxylation is 1. The van der Waals surface area contributed by atoms with E-state index in [2.05, 4.69) is 4.98 Å². The first-order valence-corrected chi connectivity index (χ1v) is 6.96. The van der Waals surface area contributed by atoms with Crippen LogP contribution in [0.15, 0.2) is 10.4 Å². The Labute approximate surface area is 110 Å². The number of carbonyl (C=O) groups is 1. The number of carboxylic acids is 1. The number of nitrogens with zero attached hydrogens (tertiary/aromatic N) is 1. The van der Waals surface area contributed by atoms with Gasteiger partial charge in [0.05, 0.1) is 11.2 Å². The van der Waals surface area contributed by atoms with Crippen molar-refractivity contribution in [3.63, 3.8) is 0 Å². The average molecular weight is 318 g/mol. The highest BCUT2D eigenvalue weighted by atomic mass is 32.2. The molecule has 0 aromatic carbocycles. The van der Waals surface area contributed by atoms with Gasteiger partial charge in [-0.25, -0.2) is 18.2 Å². The molecule has 1 rings (SSSR count). The number of thiazole rings is 1. The Hall–Kier alpha value is -1.20. The van der Waals surface area contributed by atoms with E-state index in [-0.39, 0.29) is 6.92 Å². The Morgan fingerprint density at radius 1 is 1.47 bits per heavy atom. The van der Waals surface area contributed by atoms with E-state index in [1.54, 1.807) is 0 Å². The number of halogens is 3. The highest BCUT2D eigenvalue weighted by Gasteiger charge is 2.59. The van der Waals surface area contributed by atoms with Crippen LogP contribution in [-0.4, -0.2) is 36.2 Å². The first kappa shape index (κ1) is 15.9. The third-order valence-electron chi connectivity index (χ3n) is 2.20. The molecule has 0 amide bonds. The molecule has 1 heterocycles. The molecule has 0 radical (unpaired) electrons. The van der Waals surface area contributed by atoms with E-state index in [0.717, 1.165) is 10.9 Å². The molecule has 0 fully saturated rings. The molecular weight excluding hydrogens is 309 g/mol. The van der Waals surface area contributed by atoms with Crippen LogP contribution in [0.4, 0.5) is 13.2 Å². The summed E-state index contributed by atoms with van der Waals surface area (Å²) in [7, 11) is -4.62. The summed E-state index contributed by atoms with van der Waals surface area (Å²) in [5.74, 6) is -2.34. The Morgan fingerprint density at radius 3 is 2.32 bits per heavy atom. The van der Waals surface area contributed by atoms with Gasteiger partial charge in [0.2, 0.25) is 5.54 Å². The number of aliphatic carboxylic acids is 1. The molecule has 6 nitrogen and oxygen atoms in total. The number of nitrogens with one attached hydrogen (secondary N) is 1. The van der Waals surface area contributed by atoms with E-state index in [9.17, 15) is 26.4 Å². The lowest BCUT2D eigenvalue weighted by atomic mass is 10.0. The normalized spacial score (nSPS) is 16.1. The van der Waals surface area contributed by atoms with Crippen LogP contribution in [0.2, 0.25) is 0 Å². The Balaban J connectivity index is 3.22. The van der Waals surface area contributed by atoms with Gasteiger partial charge in [0.25, 0.3) is 10.0 Å². The van der Waals surface area contributed by atoms with Gasteiger partial charge in [0, 0.05) is 0 Å². The Bertz CT molecular complexity index is 595. The predicted octanol–water partition coefficient (Wildman–Crippen LogP) is 1.14. The number of aromatic nitrogens is 1. The fourth-order valence-corrected chi connectivity index (χ4v) is 3.47. The molecule has 1 aromatic rings. The van der Waals surface area contributed by atoms with E-state index in [4.69, 9.17) is 5.11 Å². The molecule has 0 spiro atoms. The van der Waals surface area contributed by atoms with Crippen LogP contribution >= 0.6 is 11.3 Å². The molecule has 1 aromatic heterocycles. The Kier molecular flexibility index (Phi) is 3.94. The molecule has 0 aliphatic heterocycles. The second-order valence-corrected chi connectivity index (χ2v) is 6.88. The van der Waals surface area contributed by atoms with Gasteiger partial charge in [-0.1, -0.05) is 0 Å². The van der Waals surface area contributed by atoms with Gasteiger partial charge in [-0.05, 0) is 13.8 Å². The average Bonchev–Trinajstić information content (AvgIpc) is 2.62. The molecule has 2 N–H and O–H groups in total. The number of hydrogen-bond donors (Lipinski definition) is 2. The SMILES string of the molecule is Cc1ncc(S(=O)(=O)NC(C)(C(=O)O)C(F)(F)F)s1. The maximum Gasteiger partial charge on any atom is 0.418 e. The summed E-state index contributed by atoms with van der Waals surface area (Å²) in [6.07, 6.45) is -4.42. The zero-order valence-corrected chi connectivity index (χ0v) is 11.3. The minimum absolute atomic E-state index is 0.237. The molecule has 0 aliphatic rings. The number of alkyl halides is 3. The van der Waals surface area contributed by atoms with Gasteiger partial charge in [-0.15, -0.1) is 11.3 Å². The largest absolute Gasteiger partial charge is 0.480 e. The second kappa shape index (κ2) is 4.72. The second-order valence-electron chi connectivity index (χ2n) is 3.73. The number of hydrogen-bond acceptors (Lipinski definition) is 5. The molecule has 0 bridgehead atoms. The van der Waals surface area contributed by atoms with Crippen LogP contribution in [0.25, 0.3) is 0 Å². The lowest BCUT2D eigenvalue weighted by molar-refractivity contribution is -0.201. The molecule has 1 atom stereocenters. The maximum atomic E-state index is 12.7. The van der Waals surface area contributed by atoms with Gasteiger partial charge in [0.15, 0.2) is 4.21 Å². The summed E-state index contributed by atoms with van der Waals surface area (Å²) in [6.45, 7) is 1.70. The lowest BCUT2D eigenvalue weighted by Gasteiger charge is -2.27. The number of sulfonamides is 1. The summed E-state index contributed by atoms with van der Waals surface area (Å²) >= 11 is 0.636. The molecule has 0 saturated carbocycles. The number of carboxylic acid groups (broad SMARTS) is 1. The highest BCUT2D eigenvalue weighted by Crippen LogP contribution is 2.32. The summed E-state index contributed by atoms with van der Waals surface area (Å²) in [4.78, 5) is 14.3. The Morgan fingerprint density at radius 2 is 2.00 bits per heavy atom. The fourth-order valence-electron chi connectivity index (χ4n) is 1.01. The van der Waals surface area contributed by atoms with Crippen molar-refractivity contribution in [2.45, 2.75) is 29.8 Å². The van der Waals surface area contributed by atoms with E-state index in [1.807, 2.05) is 0 Å². The van der Waals surface area contributed by atoms with Crippen LogP contribution in [0, 0.1) is 6.92 Å². The van der Waals surface area contributed by atoms with Crippen LogP contribution < -0.4 is 4.72 Å². The van der Waals surface area contributed by atoms with Crippen molar-refractivity contribution < 1.29 is 31.5 Å². The van der Waals surface area contributed by atoms with Crippen LogP contribution in [0.3, 0.4) is 0 Å². The minimum atomic E-state index is -5.29. The van der Waals surface area contributed by atoms with Crippen molar-refractivity contribution in [2.75, 3.05) is 0 Å². The third kappa shape index (κ3) is 3.04. The molecule has 19 heavy (non-hydrogen) atoms. The monoisotopic (exact) mass is 318 g/mol. The van der Waals surface area contributed by atoms with Crippen molar-refractivity contribution in [3.8, 4) is 0 Å². The van der Waals surface area contributed by atoms with Gasteiger partial charge in [-0.2, -0.15) is 17.9 Å². The molecule has 0 saturated heterocycles. The summed E-state index contributed by atoms with van der Waals surface area (Å²) < 4.78 is 62.1. The van der Waals surface area contributed by atoms with E-state index >= 15 is 0 Å². The van der Waals surface area contributed by atoms with Gasteiger partial charge < -0.3 is 5.11 Å². The quantitative estimate of drug-likeness (QED) is 0.867. The van der Waals surface area contributed by atoms with Crippen molar-refractivity contribution in [1.82, 2.24) is 9.71 Å². The lowest BCUT2D eigenvalue weighted by Crippen LogP contribution is -2.61. The number of rotatable bonds is 4. The maximum absolute atomic E-state index is 12.7. The molecule has 0 aliphatic carbocycles. The fraction of sp³-hybridized carbons (Fsp3) is 0.500. The van der Waals surface area contributed by atoms with Gasteiger partial charge >= 0.3 is 12.1 Å². The zero-order valence-electron chi connectivity index (χ0n) is 9.65. The topological polar surface area (TPSA) is 96.4 Å². The summed E-state index contributed by atoms with van der Waals surface area (Å²) in [5, 5.41) is 8.95. The molecular formula is C8H9F3N2O4S2. The van der Waals surface area contributed by atoms with E-state index in [1.165, 1.54) is 6.92 Å². The molecule has 108 valence electrons. The van der Waals surface area contributed by atoms with Crippen LogP contribution in [-0.2, 0) is 14.8 Å². The molecule has 11 heteroatoms. The van der Waals surface area contributed by atoms with Crippen LogP contribution in [0.1, 0.15) is 11.9 Å². The predicted molar refractivity (Wildman–Crippen MR) is 59.3 cm³/mol.